The lowest BCUT2D eigenvalue weighted by Crippen LogP contribution is -2.45. The van der Waals surface area contributed by atoms with Crippen molar-refractivity contribution in [3.05, 3.63) is 29.8 Å². The van der Waals surface area contributed by atoms with Crippen LogP contribution >= 0.6 is 0 Å². The standard InChI is InChI=1S/C13H21N3O3S/c17-11-12-1-3-13(4-2-12)15-20(18,19)10-9-16-7-5-14-6-8-16/h1-4,14-15,17H,5-11H2. The molecule has 0 saturated carbocycles. The monoisotopic (exact) mass is 299 g/mol. The Hall–Kier alpha value is -1.15. The first-order valence-electron chi connectivity index (χ1n) is 6.72. The number of benzene rings is 1. The number of nitrogens with one attached hydrogen (secondary N) is 2. The van der Waals surface area contributed by atoms with E-state index in [1.165, 1.54) is 0 Å². The van der Waals surface area contributed by atoms with Gasteiger partial charge in [0, 0.05) is 38.4 Å². The molecular formula is C13H21N3O3S. The number of hydrogen-bond acceptors (Lipinski definition) is 5. The number of nitrogens with zero attached hydrogens (tertiary/aromatic N) is 1. The molecule has 1 aromatic carbocycles. The van der Waals surface area contributed by atoms with Crippen LogP contribution in [-0.4, -0.2) is 56.9 Å². The third-order valence-corrected chi connectivity index (χ3v) is 4.56. The van der Waals surface area contributed by atoms with Crippen molar-refractivity contribution < 1.29 is 13.5 Å². The molecule has 0 atom stereocenters. The Morgan fingerprint density at radius 2 is 1.85 bits per heavy atom. The summed E-state index contributed by atoms with van der Waals surface area (Å²) in [6, 6.07) is 6.73. The van der Waals surface area contributed by atoms with Gasteiger partial charge in [0.05, 0.1) is 12.4 Å². The van der Waals surface area contributed by atoms with Gasteiger partial charge in [-0.1, -0.05) is 12.1 Å². The smallest absolute Gasteiger partial charge is 0.233 e. The largest absolute Gasteiger partial charge is 0.392 e. The van der Waals surface area contributed by atoms with Crippen LogP contribution in [0.15, 0.2) is 24.3 Å². The van der Waals surface area contributed by atoms with Crippen molar-refractivity contribution in [2.24, 2.45) is 0 Å². The average molecular weight is 299 g/mol. The maximum atomic E-state index is 12.0. The summed E-state index contributed by atoms with van der Waals surface area (Å²) in [6.45, 7) is 4.11. The van der Waals surface area contributed by atoms with Crippen LogP contribution in [0.2, 0.25) is 0 Å². The molecule has 0 radical (unpaired) electrons. The average Bonchev–Trinajstić information content (AvgIpc) is 2.47. The highest BCUT2D eigenvalue weighted by Gasteiger charge is 2.15. The van der Waals surface area contributed by atoms with E-state index in [0.29, 0.717) is 12.2 Å². The predicted molar refractivity (Wildman–Crippen MR) is 79.1 cm³/mol. The molecule has 0 aliphatic carbocycles. The molecule has 1 heterocycles. The Bertz CT molecular complexity index is 510. The Labute approximate surface area is 119 Å². The maximum absolute atomic E-state index is 12.0. The first kappa shape index (κ1) is 15.2. The van der Waals surface area contributed by atoms with Crippen molar-refractivity contribution >= 4 is 15.7 Å². The van der Waals surface area contributed by atoms with Gasteiger partial charge >= 0.3 is 0 Å². The Morgan fingerprint density at radius 3 is 2.45 bits per heavy atom. The van der Waals surface area contributed by atoms with Crippen molar-refractivity contribution in [1.29, 1.82) is 0 Å². The van der Waals surface area contributed by atoms with E-state index >= 15 is 0 Å². The molecule has 3 N–H and O–H groups in total. The van der Waals surface area contributed by atoms with Crippen LogP contribution in [0, 0.1) is 0 Å². The summed E-state index contributed by atoms with van der Waals surface area (Å²) in [6.07, 6.45) is 0. The van der Waals surface area contributed by atoms with E-state index < -0.39 is 10.0 Å². The van der Waals surface area contributed by atoms with E-state index in [0.717, 1.165) is 31.7 Å². The topological polar surface area (TPSA) is 81.7 Å². The quantitative estimate of drug-likeness (QED) is 0.679. The van der Waals surface area contributed by atoms with Crippen LogP contribution in [0.25, 0.3) is 0 Å². The zero-order valence-corrected chi connectivity index (χ0v) is 12.2. The van der Waals surface area contributed by atoms with Gasteiger partial charge in [-0.3, -0.25) is 9.62 Å². The molecule has 0 spiro atoms. The van der Waals surface area contributed by atoms with Crippen LogP contribution in [-0.2, 0) is 16.6 Å². The molecule has 6 nitrogen and oxygen atoms in total. The zero-order valence-electron chi connectivity index (χ0n) is 11.4. The van der Waals surface area contributed by atoms with E-state index in [4.69, 9.17) is 5.11 Å². The molecule has 1 aliphatic rings. The van der Waals surface area contributed by atoms with E-state index in [9.17, 15) is 8.42 Å². The lowest BCUT2D eigenvalue weighted by molar-refractivity contribution is 0.254. The molecular weight excluding hydrogens is 278 g/mol. The fourth-order valence-electron chi connectivity index (χ4n) is 2.09. The zero-order chi connectivity index (χ0) is 14.4. The molecule has 112 valence electrons. The number of piperazine rings is 1. The fourth-order valence-corrected chi connectivity index (χ4v) is 3.19. The van der Waals surface area contributed by atoms with Gasteiger partial charge in [0.25, 0.3) is 0 Å². The second-order valence-electron chi connectivity index (χ2n) is 4.87. The molecule has 1 fully saturated rings. The minimum absolute atomic E-state index is 0.0456. The maximum Gasteiger partial charge on any atom is 0.233 e. The SMILES string of the molecule is O=S(=O)(CCN1CCNCC1)Nc1ccc(CO)cc1. The van der Waals surface area contributed by atoms with Crippen molar-refractivity contribution in [3.8, 4) is 0 Å². The summed E-state index contributed by atoms with van der Waals surface area (Å²) >= 11 is 0. The molecule has 1 saturated heterocycles. The molecule has 20 heavy (non-hydrogen) atoms. The molecule has 1 aromatic rings. The minimum atomic E-state index is -3.33. The number of aliphatic hydroxyl groups excluding tert-OH is 1. The minimum Gasteiger partial charge on any atom is -0.392 e. The van der Waals surface area contributed by atoms with Gasteiger partial charge in [-0.15, -0.1) is 0 Å². The molecule has 2 rings (SSSR count). The van der Waals surface area contributed by atoms with Gasteiger partial charge in [-0.2, -0.15) is 0 Å². The summed E-state index contributed by atoms with van der Waals surface area (Å²) in [5.74, 6) is 0.0920. The summed E-state index contributed by atoms with van der Waals surface area (Å²) < 4.78 is 26.5. The van der Waals surface area contributed by atoms with Gasteiger partial charge < -0.3 is 10.4 Å². The lowest BCUT2D eigenvalue weighted by atomic mass is 10.2. The van der Waals surface area contributed by atoms with Gasteiger partial charge in [-0.25, -0.2) is 8.42 Å². The van der Waals surface area contributed by atoms with Crippen LogP contribution < -0.4 is 10.0 Å². The highest BCUT2D eigenvalue weighted by atomic mass is 32.2. The molecule has 0 bridgehead atoms. The van der Waals surface area contributed by atoms with Crippen molar-refractivity contribution in [1.82, 2.24) is 10.2 Å². The summed E-state index contributed by atoms with van der Waals surface area (Å²) in [5.41, 5.74) is 1.29. The predicted octanol–water partition coefficient (Wildman–Crippen LogP) is -0.174. The van der Waals surface area contributed by atoms with Crippen molar-refractivity contribution in [2.75, 3.05) is 43.2 Å². The van der Waals surface area contributed by atoms with Crippen molar-refractivity contribution in [3.63, 3.8) is 0 Å². The number of hydrogen-bond donors (Lipinski definition) is 3. The number of aliphatic hydroxyl groups is 1. The third-order valence-electron chi connectivity index (χ3n) is 3.30. The van der Waals surface area contributed by atoms with E-state index in [1.54, 1.807) is 24.3 Å². The Morgan fingerprint density at radius 1 is 1.20 bits per heavy atom. The molecule has 7 heteroatoms. The van der Waals surface area contributed by atoms with Crippen molar-refractivity contribution in [2.45, 2.75) is 6.61 Å². The number of rotatable bonds is 6. The van der Waals surface area contributed by atoms with Crippen LogP contribution in [0.1, 0.15) is 5.56 Å². The van der Waals surface area contributed by atoms with Gasteiger partial charge in [0.15, 0.2) is 0 Å². The second kappa shape index (κ2) is 7.03. The van der Waals surface area contributed by atoms with Gasteiger partial charge in [0.2, 0.25) is 10.0 Å². The third kappa shape index (κ3) is 4.75. The first-order valence-corrected chi connectivity index (χ1v) is 8.38. The number of anilines is 1. The van der Waals surface area contributed by atoms with Gasteiger partial charge in [-0.05, 0) is 17.7 Å². The fraction of sp³-hybridized carbons (Fsp3) is 0.538. The van der Waals surface area contributed by atoms with Crippen LogP contribution in [0.4, 0.5) is 5.69 Å². The molecule has 0 unspecified atom stereocenters. The Kier molecular flexibility index (Phi) is 5.36. The van der Waals surface area contributed by atoms with E-state index in [2.05, 4.69) is 14.9 Å². The summed E-state index contributed by atoms with van der Waals surface area (Å²) in [4.78, 5) is 2.14. The molecule has 1 aliphatic heterocycles. The lowest BCUT2D eigenvalue weighted by Gasteiger charge is -2.26. The van der Waals surface area contributed by atoms with Crippen LogP contribution in [0.5, 0.6) is 0 Å². The molecule has 0 amide bonds. The highest BCUT2D eigenvalue weighted by molar-refractivity contribution is 7.92. The number of sulfonamides is 1. The normalized spacial score (nSPS) is 17.1. The highest BCUT2D eigenvalue weighted by Crippen LogP contribution is 2.11. The van der Waals surface area contributed by atoms with Crippen LogP contribution in [0.3, 0.4) is 0 Å². The second-order valence-corrected chi connectivity index (χ2v) is 6.71. The van der Waals surface area contributed by atoms with Gasteiger partial charge in [0.1, 0.15) is 0 Å². The molecule has 0 aromatic heterocycles. The first-order chi connectivity index (χ1) is 9.59. The Balaban J connectivity index is 1.85. The summed E-state index contributed by atoms with van der Waals surface area (Å²) in [7, 11) is -3.33. The van der Waals surface area contributed by atoms with E-state index in [1.807, 2.05) is 0 Å². The summed E-state index contributed by atoms with van der Waals surface area (Å²) in [5, 5.41) is 12.2. The van der Waals surface area contributed by atoms with E-state index in [-0.39, 0.29) is 12.4 Å².